The maximum atomic E-state index is 2.48. The molecule has 2 saturated heterocycles. The minimum atomic E-state index is 0.538. The number of hydrogen-bond acceptors (Lipinski definition) is 2. The molecule has 104 valence electrons. The van der Waals surface area contributed by atoms with Crippen molar-refractivity contribution in [2.24, 2.45) is 10.8 Å². The summed E-state index contributed by atoms with van der Waals surface area (Å²) in [5, 5.41) is 0. The Hall–Kier alpha value is -0.0800. The summed E-state index contributed by atoms with van der Waals surface area (Å²) in [6.07, 6.45) is 1.25. The average molecular weight is 242 g/mol. The van der Waals surface area contributed by atoms with Crippen LogP contribution in [0.5, 0.6) is 0 Å². The van der Waals surface area contributed by atoms with Crippen molar-refractivity contribution in [3.63, 3.8) is 0 Å². The zero-order valence-corrected chi connectivity index (χ0v) is 13.4. The lowest BCUT2D eigenvalue weighted by atomic mass is 9.71. The van der Waals surface area contributed by atoms with Crippen LogP contribution in [-0.2, 0) is 0 Å². The second-order valence-electron chi connectivity index (χ2n) is 6.17. The first-order valence-electron chi connectivity index (χ1n) is 7.24. The Morgan fingerprint density at radius 1 is 0.765 bits per heavy atom. The van der Waals surface area contributed by atoms with Crippen LogP contribution in [0.1, 0.15) is 48.0 Å². The standard InChI is InChI=1S/C10H20N2.C3H8.C2H6/c1-9-5-11(3)7-10(9,2)8-12(4)6-9;1-3-2;1-2/h5-8H2,1-4H3;3H2,1-2H3;1-2H3. The van der Waals surface area contributed by atoms with E-state index in [2.05, 4.69) is 51.6 Å². The third-order valence-electron chi connectivity index (χ3n) is 3.93. The molecule has 0 bridgehead atoms. The van der Waals surface area contributed by atoms with Crippen LogP contribution in [-0.4, -0.2) is 50.1 Å². The molecule has 0 atom stereocenters. The molecule has 0 spiro atoms. The first-order chi connectivity index (χ1) is 7.87. The molecule has 2 heterocycles. The summed E-state index contributed by atoms with van der Waals surface area (Å²) in [6, 6.07) is 0. The molecule has 0 aromatic rings. The Morgan fingerprint density at radius 2 is 0.941 bits per heavy atom. The zero-order chi connectivity index (χ0) is 13.7. The molecular formula is C15H34N2. The van der Waals surface area contributed by atoms with E-state index in [-0.39, 0.29) is 0 Å². The Kier molecular flexibility index (Phi) is 6.71. The van der Waals surface area contributed by atoms with Gasteiger partial charge in [0.2, 0.25) is 0 Å². The van der Waals surface area contributed by atoms with Gasteiger partial charge in [-0.25, -0.2) is 0 Å². The SMILES string of the molecule is CC.CCC.CN1CC2(C)CN(C)CC2(C)C1. The van der Waals surface area contributed by atoms with Crippen molar-refractivity contribution < 1.29 is 0 Å². The van der Waals surface area contributed by atoms with Crippen LogP contribution in [0.4, 0.5) is 0 Å². The number of likely N-dealkylation sites (tertiary alicyclic amines) is 2. The highest BCUT2D eigenvalue weighted by molar-refractivity contribution is 5.08. The second-order valence-corrected chi connectivity index (χ2v) is 6.17. The van der Waals surface area contributed by atoms with E-state index >= 15 is 0 Å². The van der Waals surface area contributed by atoms with E-state index in [4.69, 9.17) is 0 Å². The highest BCUT2D eigenvalue weighted by atomic mass is 15.2. The lowest BCUT2D eigenvalue weighted by molar-refractivity contribution is 0.212. The second kappa shape index (κ2) is 6.75. The van der Waals surface area contributed by atoms with E-state index < -0.39 is 0 Å². The van der Waals surface area contributed by atoms with Gasteiger partial charge in [-0.15, -0.1) is 0 Å². The molecule has 0 radical (unpaired) electrons. The van der Waals surface area contributed by atoms with E-state index in [0.717, 1.165) is 0 Å². The summed E-state index contributed by atoms with van der Waals surface area (Å²) < 4.78 is 0. The van der Waals surface area contributed by atoms with Gasteiger partial charge in [0, 0.05) is 37.0 Å². The van der Waals surface area contributed by atoms with Crippen LogP contribution < -0.4 is 0 Å². The van der Waals surface area contributed by atoms with Crippen molar-refractivity contribution in [1.82, 2.24) is 9.80 Å². The van der Waals surface area contributed by atoms with Gasteiger partial charge in [0.1, 0.15) is 0 Å². The summed E-state index contributed by atoms with van der Waals surface area (Å²) in [4.78, 5) is 4.96. The van der Waals surface area contributed by atoms with Crippen molar-refractivity contribution in [2.75, 3.05) is 40.3 Å². The van der Waals surface area contributed by atoms with Crippen LogP contribution in [0.15, 0.2) is 0 Å². The molecule has 2 heteroatoms. The quantitative estimate of drug-likeness (QED) is 0.643. The summed E-state index contributed by atoms with van der Waals surface area (Å²) in [7, 11) is 4.49. The van der Waals surface area contributed by atoms with Crippen LogP contribution in [0, 0.1) is 10.8 Å². The maximum Gasteiger partial charge on any atom is 0.00510 e. The average Bonchev–Trinajstić information content (AvgIpc) is 2.51. The van der Waals surface area contributed by atoms with Crippen molar-refractivity contribution in [2.45, 2.75) is 48.0 Å². The zero-order valence-electron chi connectivity index (χ0n) is 13.4. The lowest BCUT2D eigenvalue weighted by Gasteiger charge is -2.31. The molecule has 0 unspecified atom stereocenters. The van der Waals surface area contributed by atoms with Gasteiger partial charge < -0.3 is 9.80 Å². The van der Waals surface area contributed by atoms with E-state index in [1.807, 2.05) is 13.8 Å². The minimum Gasteiger partial charge on any atom is -0.305 e. The Balaban J connectivity index is 0.000000450. The highest BCUT2D eigenvalue weighted by Gasteiger charge is 2.55. The van der Waals surface area contributed by atoms with Gasteiger partial charge in [0.25, 0.3) is 0 Å². The van der Waals surface area contributed by atoms with Gasteiger partial charge in [-0.05, 0) is 14.1 Å². The normalized spacial score (nSPS) is 36.7. The largest absolute Gasteiger partial charge is 0.305 e. The molecule has 0 aromatic carbocycles. The fourth-order valence-electron chi connectivity index (χ4n) is 3.36. The van der Waals surface area contributed by atoms with Crippen LogP contribution in [0.2, 0.25) is 0 Å². The highest BCUT2D eigenvalue weighted by Crippen LogP contribution is 2.50. The molecule has 2 fully saturated rings. The number of fused-ring (bicyclic) bond motifs is 1. The molecule has 2 aliphatic heterocycles. The van der Waals surface area contributed by atoms with E-state index in [1.54, 1.807) is 0 Å². The first kappa shape index (κ1) is 16.9. The summed E-state index contributed by atoms with van der Waals surface area (Å²) in [5.74, 6) is 0. The van der Waals surface area contributed by atoms with Gasteiger partial charge >= 0.3 is 0 Å². The fourth-order valence-corrected chi connectivity index (χ4v) is 3.36. The monoisotopic (exact) mass is 242 g/mol. The van der Waals surface area contributed by atoms with E-state index in [1.165, 1.54) is 32.6 Å². The Morgan fingerprint density at radius 3 is 1.12 bits per heavy atom. The van der Waals surface area contributed by atoms with Gasteiger partial charge in [0.05, 0.1) is 0 Å². The number of nitrogens with zero attached hydrogens (tertiary/aromatic N) is 2. The number of rotatable bonds is 0. The Labute approximate surface area is 109 Å². The molecule has 0 saturated carbocycles. The van der Waals surface area contributed by atoms with E-state index in [0.29, 0.717) is 10.8 Å². The summed E-state index contributed by atoms with van der Waals surface area (Å²) in [6.45, 7) is 18.2. The topological polar surface area (TPSA) is 6.48 Å². The third kappa shape index (κ3) is 3.69. The van der Waals surface area contributed by atoms with Gasteiger partial charge in [-0.2, -0.15) is 0 Å². The Bertz CT molecular complexity index is 179. The van der Waals surface area contributed by atoms with Crippen molar-refractivity contribution >= 4 is 0 Å². The van der Waals surface area contributed by atoms with Crippen molar-refractivity contribution in [1.29, 1.82) is 0 Å². The first-order valence-corrected chi connectivity index (χ1v) is 7.24. The molecule has 0 aromatic heterocycles. The minimum absolute atomic E-state index is 0.538. The van der Waals surface area contributed by atoms with Gasteiger partial charge in [-0.1, -0.05) is 48.0 Å². The van der Waals surface area contributed by atoms with Crippen LogP contribution >= 0.6 is 0 Å². The predicted octanol–water partition coefficient (Wildman–Crippen LogP) is 3.33. The lowest BCUT2D eigenvalue weighted by Crippen LogP contribution is -2.34. The molecular weight excluding hydrogens is 208 g/mol. The molecule has 0 amide bonds. The van der Waals surface area contributed by atoms with Crippen molar-refractivity contribution in [3.05, 3.63) is 0 Å². The molecule has 2 rings (SSSR count). The van der Waals surface area contributed by atoms with Crippen LogP contribution in [0.3, 0.4) is 0 Å². The van der Waals surface area contributed by atoms with Crippen molar-refractivity contribution in [3.8, 4) is 0 Å². The predicted molar refractivity (Wildman–Crippen MR) is 78.5 cm³/mol. The van der Waals surface area contributed by atoms with Gasteiger partial charge in [0.15, 0.2) is 0 Å². The number of hydrogen-bond donors (Lipinski definition) is 0. The fraction of sp³-hybridized carbons (Fsp3) is 1.00. The maximum absolute atomic E-state index is 2.48. The molecule has 17 heavy (non-hydrogen) atoms. The smallest absolute Gasteiger partial charge is 0.00510 e. The molecule has 0 N–H and O–H groups in total. The third-order valence-corrected chi connectivity index (χ3v) is 3.93. The van der Waals surface area contributed by atoms with E-state index in [9.17, 15) is 0 Å². The van der Waals surface area contributed by atoms with Gasteiger partial charge in [-0.3, -0.25) is 0 Å². The summed E-state index contributed by atoms with van der Waals surface area (Å²) in [5.41, 5.74) is 1.08. The molecule has 2 nitrogen and oxygen atoms in total. The molecule has 0 aliphatic carbocycles. The van der Waals surface area contributed by atoms with Crippen LogP contribution in [0.25, 0.3) is 0 Å². The molecule has 2 aliphatic rings. The summed E-state index contributed by atoms with van der Waals surface area (Å²) >= 11 is 0.